The van der Waals surface area contributed by atoms with Crippen molar-refractivity contribution in [2.45, 2.75) is 36.8 Å². The van der Waals surface area contributed by atoms with Gasteiger partial charge in [0.1, 0.15) is 11.4 Å². The van der Waals surface area contributed by atoms with Gasteiger partial charge >= 0.3 is 0 Å². The summed E-state index contributed by atoms with van der Waals surface area (Å²) < 4.78 is 16.6. The molecule has 0 aliphatic heterocycles. The molecule has 0 aliphatic carbocycles. The van der Waals surface area contributed by atoms with Crippen LogP contribution in [0.3, 0.4) is 0 Å². The lowest BCUT2D eigenvalue weighted by Gasteiger charge is -2.15. The minimum atomic E-state index is -0.547. The van der Waals surface area contributed by atoms with E-state index in [0.717, 1.165) is 23.5 Å². The molecule has 0 aliphatic rings. The number of carbonyl (C=O) groups excluding carboxylic acids is 3. The van der Waals surface area contributed by atoms with Crippen molar-refractivity contribution in [3.63, 3.8) is 0 Å². The van der Waals surface area contributed by atoms with E-state index in [2.05, 4.69) is 22.9 Å². The van der Waals surface area contributed by atoms with Crippen molar-refractivity contribution in [1.29, 1.82) is 0 Å². The van der Waals surface area contributed by atoms with E-state index in [1.165, 1.54) is 32.1 Å². The highest BCUT2D eigenvalue weighted by atomic mass is 32.2. The molecule has 4 rings (SSSR count). The molecule has 0 aromatic heterocycles. The van der Waals surface area contributed by atoms with Crippen LogP contribution in [0.2, 0.25) is 0 Å². The number of anilines is 2. The van der Waals surface area contributed by atoms with Crippen LogP contribution in [0.15, 0.2) is 108 Å². The van der Waals surface area contributed by atoms with Gasteiger partial charge in [0.05, 0.1) is 26.1 Å². The molecule has 0 fully saturated rings. The van der Waals surface area contributed by atoms with E-state index in [1.807, 2.05) is 37.3 Å². The Morgan fingerprint density at radius 1 is 0.830 bits per heavy atom. The van der Waals surface area contributed by atoms with Crippen LogP contribution >= 0.6 is 11.8 Å². The molecule has 0 saturated carbocycles. The maximum absolute atomic E-state index is 13.6. The van der Waals surface area contributed by atoms with Gasteiger partial charge in [-0.05, 0) is 80.1 Å². The molecular formula is C37H39N3O6S. The number of unbranched alkanes of at least 4 members (excludes halogenated alkanes) is 1. The molecule has 0 radical (unpaired) electrons. The lowest BCUT2D eigenvalue weighted by Crippen LogP contribution is -2.30. The molecule has 47 heavy (non-hydrogen) atoms. The highest BCUT2D eigenvalue weighted by molar-refractivity contribution is 8.00. The van der Waals surface area contributed by atoms with Gasteiger partial charge in [-0.3, -0.25) is 14.4 Å². The van der Waals surface area contributed by atoms with Crippen LogP contribution in [-0.4, -0.2) is 43.8 Å². The molecule has 10 heteroatoms. The largest absolute Gasteiger partial charge is 0.494 e. The Labute approximate surface area is 279 Å². The summed E-state index contributed by atoms with van der Waals surface area (Å²) in [6.45, 7) is 4.58. The van der Waals surface area contributed by atoms with Gasteiger partial charge in [-0.1, -0.05) is 49.7 Å². The Morgan fingerprint density at radius 2 is 1.57 bits per heavy atom. The molecule has 3 N–H and O–H groups in total. The highest BCUT2D eigenvalue weighted by Crippen LogP contribution is 2.32. The van der Waals surface area contributed by atoms with Crippen LogP contribution < -0.4 is 30.2 Å². The number of hydrogen-bond acceptors (Lipinski definition) is 7. The lowest BCUT2D eigenvalue weighted by molar-refractivity contribution is -0.115. The molecule has 0 spiro atoms. The van der Waals surface area contributed by atoms with E-state index in [0.29, 0.717) is 40.6 Å². The summed E-state index contributed by atoms with van der Waals surface area (Å²) >= 11 is 1.35. The van der Waals surface area contributed by atoms with Crippen LogP contribution in [0.1, 0.15) is 42.6 Å². The monoisotopic (exact) mass is 653 g/mol. The van der Waals surface area contributed by atoms with Gasteiger partial charge in [0.15, 0.2) is 11.5 Å². The minimum Gasteiger partial charge on any atom is -0.494 e. The number of hydrogen-bond donors (Lipinski definition) is 3. The van der Waals surface area contributed by atoms with Gasteiger partial charge in [-0.2, -0.15) is 0 Å². The van der Waals surface area contributed by atoms with Crippen molar-refractivity contribution in [2.75, 3.05) is 31.5 Å². The van der Waals surface area contributed by atoms with Gasteiger partial charge < -0.3 is 30.2 Å². The van der Waals surface area contributed by atoms with Crippen LogP contribution in [0.4, 0.5) is 11.4 Å². The van der Waals surface area contributed by atoms with Crippen LogP contribution in [-0.2, 0) is 9.59 Å². The molecule has 1 unspecified atom stereocenters. The van der Waals surface area contributed by atoms with E-state index in [9.17, 15) is 14.4 Å². The summed E-state index contributed by atoms with van der Waals surface area (Å²) in [6, 6.07) is 28.3. The zero-order valence-electron chi connectivity index (χ0n) is 26.9. The average Bonchev–Trinajstić information content (AvgIpc) is 3.09. The summed E-state index contributed by atoms with van der Waals surface area (Å²) in [5.41, 5.74) is 2.09. The number of nitrogens with one attached hydrogen (secondary N) is 3. The summed E-state index contributed by atoms with van der Waals surface area (Å²) in [6.07, 6.45) is 3.58. The molecule has 0 saturated heterocycles. The maximum atomic E-state index is 13.6. The maximum Gasteiger partial charge on any atom is 0.272 e. The Balaban J connectivity index is 1.47. The second-order valence-corrected chi connectivity index (χ2v) is 11.8. The molecule has 0 bridgehead atoms. The third-order valence-electron chi connectivity index (χ3n) is 6.92. The number of ether oxygens (including phenoxy) is 3. The number of para-hydroxylation sites is 1. The first kappa shape index (κ1) is 34.6. The van der Waals surface area contributed by atoms with Gasteiger partial charge in [-0.15, -0.1) is 11.8 Å². The molecule has 4 aromatic rings. The van der Waals surface area contributed by atoms with E-state index in [4.69, 9.17) is 14.2 Å². The summed E-state index contributed by atoms with van der Waals surface area (Å²) in [4.78, 5) is 40.5. The first-order chi connectivity index (χ1) is 22.8. The zero-order valence-corrected chi connectivity index (χ0v) is 27.7. The standard InChI is InChI=1S/C37H39N3O6S/c1-5-6-22-46-30-20-18-28(19-21-30)38-35(41)25(2)47-31-16-11-15-29(24-31)39-37(43)32(40-36(42)26-12-8-7-9-13-26)23-27-14-10-17-33(44-3)34(27)45-4/h7-21,23-25H,5-6,22H2,1-4H3,(H,38,41)(H,39,43)(H,40,42)/b32-23+. The fourth-order valence-electron chi connectivity index (χ4n) is 4.44. The molecule has 9 nitrogen and oxygen atoms in total. The van der Waals surface area contributed by atoms with Crippen LogP contribution in [0.5, 0.6) is 17.2 Å². The minimum absolute atomic E-state index is 0.00186. The van der Waals surface area contributed by atoms with E-state index >= 15 is 0 Å². The Hall–Kier alpha value is -5.22. The number of benzene rings is 4. The number of thioether (sulfide) groups is 1. The van der Waals surface area contributed by atoms with Crippen molar-refractivity contribution >= 4 is 46.9 Å². The second kappa shape index (κ2) is 17.5. The first-order valence-corrected chi connectivity index (χ1v) is 16.1. The third kappa shape index (κ3) is 10.1. The van der Waals surface area contributed by atoms with Crippen molar-refractivity contribution in [1.82, 2.24) is 5.32 Å². The predicted molar refractivity (Wildman–Crippen MR) is 187 cm³/mol. The summed E-state index contributed by atoms with van der Waals surface area (Å²) in [7, 11) is 3.02. The Kier molecular flexibility index (Phi) is 12.9. The Morgan fingerprint density at radius 3 is 2.28 bits per heavy atom. The fourth-order valence-corrected chi connectivity index (χ4v) is 5.37. The van der Waals surface area contributed by atoms with Gasteiger partial charge in [0.2, 0.25) is 5.91 Å². The molecule has 4 aromatic carbocycles. The molecule has 0 heterocycles. The van der Waals surface area contributed by atoms with Crippen molar-refractivity contribution in [3.8, 4) is 17.2 Å². The lowest BCUT2D eigenvalue weighted by atomic mass is 10.1. The number of rotatable bonds is 15. The Bertz CT molecular complexity index is 1690. The van der Waals surface area contributed by atoms with Gasteiger partial charge in [0.25, 0.3) is 11.8 Å². The number of methoxy groups -OCH3 is 2. The van der Waals surface area contributed by atoms with Crippen molar-refractivity contribution < 1.29 is 28.6 Å². The first-order valence-electron chi connectivity index (χ1n) is 15.2. The average molecular weight is 654 g/mol. The van der Waals surface area contributed by atoms with Gasteiger partial charge in [0, 0.05) is 27.4 Å². The van der Waals surface area contributed by atoms with E-state index in [1.54, 1.807) is 66.7 Å². The second-order valence-electron chi connectivity index (χ2n) is 10.4. The quantitative estimate of drug-likeness (QED) is 0.0695. The highest BCUT2D eigenvalue weighted by Gasteiger charge is 2.19. The number of amides is 3. The van der Waals surface area contributed by atoms with Crippen LogP contribution in [0, 0.1) is 0 Å². The van der Waals surface area contributed by atoms with Crippen LogP contribution in [0.25, 0.3) is 6.08 Å². The molecule has 244 valence electrons. The third-order valence-corrected chi connectivity index (χ3v) is 8.02. The molecular weight excluding hydrogens is 614 g/mol. The normalized spacial score (nSPS) is 11.6. The summed E-state index contributed by atoms with van der Waals surface area (Å²) in [5.74, 6) is 0.497. The van der Waals surface area contributed by atoms with Crippen molar-refractivity contribution in [2.24, 2.45) is 0 Å². The molecule has 1 atom stereocenters. The molecule has 3 amide bonds. The smallest absolute Gasteiger partial charge is 0.272 e. The van der Waals surface area contributed by atoms with E-state index in [-0.39, 0.29) is 11.6 Å². The van der Waals surface area contributed by atoms with Crippen molar-refractivity contribution in [3.05, 3.63) is 114 Å². The predicted octanol–water partition coefficient (Wildman–Crippen LogP) is 7.41. The topological polar surface area (TPSA) is 115 Å². The SMILES string of the molecule is CCCCOc1ccc(NC(=O)C(C)Sc2cccc(NC(=O)/C(=C\c3cccc(OC)c3OC)NC(=O)c3ccccc3)c2)cc1. The number of carbonyl (C=O) groups is 3. The fraction of sp³-hybridized carbons (Fsp3) is 0.216. The zero-order chi connectivity index (χ0) is 33.6. The van der Waals surface area contributed by atoms with E-state index < -0.39 is 17.1 Å². The summed E-state index contributed by atoms with van der Waals surface area (Å²) in [5, 5.41) is 8.12. The van der Waals surface area contributed by atoms with Gasteiger partial charge in [-0.25, -0.2) is 0 Å².